The summed E-state index contributed by atoms with van der Waals surface area (Å²) in [5.74, 6) is 0.818. The molecular formula is C16H14ClFO3. The molecular weight excluding hydrogens is 295 g/mol. The molecule has 3 nitrogen and oxygen atoms in total. The molecule has 0 saturated heterocycles. The zero-order valence-electron chi connectivity index (χ0n) is 11.2. The Bertz CT molecular complexity index is 660. The molecule has 1 atom stereocenters. The summed E-state index contributed by atoms with van der Waals surface area (Å²) in [6, 6.07) is 9.84. The third-order valence-electron chi connectivity index (χ3n) is 3.36. The standard InChI is InChI=1S/C16H14ClFO3/c17-12-3-1-10(7-13(12)18)8-14(19)11-2-4-15-16(9-11)21-6-5-20-15/h1-4,7,9,14,19H,5-6,8H2. The summed E-state index contributed by atoms with van der Waals surface area (Å²) in [7, 11) is 0. The van der Waals surface area contributed by atoms with E-state index in [1.807, 2.05) is 0 Å². The largest absolute Gasteiger partial charge is 0.486 e. The molecule has 1 aliphatic rings. The van der Waals surface area contributed by atoms with E-state index in [2.05, 4.69) is 0 Å². The number of hydrogen-bond donors (Lipinski definition) is 1. The molecule has 2 aromatic rings. The van der Waals surface area contributed by atoms with Gasteiger partial charge in [-0.25, -0.2) is 4.39 Å². The highest BCUT2D eigenvalue weighted by Crippen LogP contribution is 2.33. The third kappa shape index (κ3) is 3.12. The lowest BCUT2D eigenvalue weighted by Gasteiger charge is -2.20. The van der Waals surface area contributed by atoms with Crippen molar-refractivity contribution >= 4 is 11.6 Å². The van der Waals surface area contributed by atoms with Crippen molar-refractivity contribution in [2.75, 3.05) is 13.2 Å². The van der Waals surface area contributed by atoms with Crippen LogP contribution in [0.2, 0.25) is 5.02 Å². The Morgan fingerprint density at radius 1 is 1.10 bits per heavy atom. The van der Waals surface area contributed by atoms with E-state index >= 15 is 0 Å². The number of hydrogen-bond acceptors (Lipinski definition) is 3. The zero-order valence-corrected chi connectivity index (χ0v) is 11.9. The van der Waals surface area contributed by atoms with Crippen LogP contribution in [0.3, 0.4) is 0 Å². The van der Waals surface area contributed by atoms with Crippen molar-refractivity contribution in [3.63, 3.8) is 0 Å². The molecule has 1 unspecified atom stereocenters. The molecule has 0 amide bonds. The fourth-order valence-electron chi connectivity index (χ4n) is 2.27. The van der Waals surface area contributed by atoms with Crippen molar-refractivity contribution in [3.05, 3.63) is 58.4 Å². The zero-order chi connectivity index (χ0) is 14.8. The maximum absolute atomic E-state index is 13.4. The normalized spacial score (nSPS) is 14.8. The lowest BCUT2D eigenvalue weighted by atomic mass is 10.0. The first kappa shape index (κ1) is 14.2. The van der Waals surface area contributed by atoms with Gasteiger partial charge < -0.3 is 14.6 Å². The first-order valence-corrected chi connectivity index (χ1v) is 7.03. The number of aliphatic hydroxyl groups excluding tert-OH is 1. The van der Waals surface area contributed by atoms with E-state index in [1.54, 1.807) is 24.3 Å². The van der Waals surface area contributed by atoms with Gasteiger partial charge in [-0.1, -0.05) is 23.7 Å². The van der Waals surface area contributed by atoms with Crippen LogP contribution < -0.4 is 9.47 Å². The van der Waals surface area contributed by atoms with Gasteiger partial charge in [-0.05, 0) is 35.4 Å². The second-order valence-corrected chi connectivity index (χ2v) is 5.28. The van der Waals surface area contributed by atoms with Crippen molar-refractivity contribution in [1.82, 2.24) is 0 Å². The first-order chi connectivity index (χ1) is 10.1. The smallest absolute Gasteiger partial charge is 0.161 e. The molecule has 0 radical (unpaired) electrons. The quantitative estimate of drug-likeness (QED) is 0.943. The molecule has 0 aliphatic carbocycles. The van der Waals surface area contributed by atoms with E-state index in [4.69, 9.17) is 21.1 Å². The number of aliphatic hydroxyl groups is 1. The summed E-state index contributed by atoms with van der Waals surface area (Å²) in [4.78, 5) is 0. The van der Waals surface area contributed by atoms with E-state index in [-0.39, 0.29) is 5.02 Å². The molecule has 3 rings (SSSR count). The molecule has 0 aromatic heterocycles. The highest BCUT2D eigenvalue weighted by molar-refractivity contribution is 6.30. The van der Waals surface area contributed by atoms with Gasteiger partial charge in [0, 0.05) is 6.42 Å². The highest BCUT2D eigenvalue weighted by atomic mass is 35.5. The third-order valence-corrected chi connectivity index (χ3v) is 3.67. The Morgan fingerprint density at radius 3 is 2.62 bits per heavy atom. The van der Waals surface area contributed by atoms with Crippen molar-refractivity contribution in [2.24, 2.45) is 0 Å². The van der Waals surface area contributed by atoms with Gasteiger partial charge in [0.15, 0.2) is 11.5 Å². The molecule has 1 N–H and O–H groups in total. The van der Waals surface area contributed by atoms with Crippen LogP contribution in [0.15, 0.2) is 36.4 Å². The van der Waals surface area contributed by atoms with Gasteiger partial charge in [-0.3, -0.25) is 0 Å². The number of ether oxygens (including phenoxy) is 2. The molecule has 1 heterocycles. The fourth-order valence-corrected chi connectivity index (χ4v) is 2.39. The van der Waals surface area contributed by atoms with Crippen molar-refractivity contribution in [2.45, 2.75) is 12.5 Å². The summed E-state index contributed by atoms with van der Waals surface area (Å²) in [6.45, 7) is 1.02. The summed E-state index contributed by atoms with van der Waals surface area (Å²) in [6.07, 6.45) is -0.449. The lowest BCUT2D eigenvalue weighted by molar-refractivity contribution is 0.164. The van der Waals surface area contributed by atoms with E-state index in [0.29, 0.717) is 42.3 Å². The fraction of sp³-hybridized carbons (Fsp3) is 0.250. The highest BCUT2D eigenvalue weighted by Gasteiger charge is 2.16. The van der Waals surface area contributed by atoms with Gasteiger partial charge in [0.2, 0.25) is 0 Å². The molecule has 1 aliphatic heterocycles. The molecule has 0 bridgehead atoms. The van der Waals surface area contributed by atoms with Gasteiger partial charge in [0.05, 0.1) is 11.1 Å². The molecule has 110 valence electrons. The van der Waals surface area contributed by atoms with E-state index < -0.39 is 11.9 Å². The van der Waals surface area contributed by atoms with E-state index in [0.717, 1.165) is 0 Å². The number of rotatable bonds is 3. The molecule has 21 heavy (non-hydrogen) atoms. The van der Waals surface area contributed by atoms with E-state index in [9.17, 15) is 9.50 Å². The maximum atomic E-state index is 13.4. The van der Waals surface area contributed by atoms with Gasteiger partial charge >= 0.3 is 0 Å². The minimum absolute atomic E-state index is 0.0765. The van der Waals surface area contributed by atoms with Crippen LogP contribution in [0.4, 0.5) is 4.39 Å². The monoisotopic (exact) mass is 308 g/mol. The molecule has 5 heteroatoms. The van der Waals surface area contributed by atoms with Crippen molar-refractivity contribution < 1.29 is 19.0 Å². The van der Waals surface area contributed by atoms with Gasteiger partial charge in [-0.15, -0.1) is 0 Å². The van der Waals surface area contributed by atoms with Crippen LogP contribution in [0.25, 0.3) is 0 Å². The Kier molecular flexibility index (Phi) is 3.99. The van der Waals surface area contributed by atoms with Crippen LogP contribution >= 0.6 is 11.6 Å². The first-order valence-electron chi connectivity index (χ1n) is 6.65. The minimum Gasteiger partial charge on any atom is -0.486 e. The van der Waals surface area contributed by atoms with Crippen molar-refractivity contribution in [1.29, 1.82) is 0 Å². The maximum Gasteiger partial charge on any atom is 0.161 e. The number of fused-ring (bicyclic) bond motifs is 1. The van der Waals surface area contributed by atoms with Crippen LogP contribution in [0.1, 0.15) is 17.2 Å². The Balaban J connectivity index is 1.78. The van der Waals surface area contributed by atoms with Crippen LogP contribution in [-0.4, -0.2) is 18.3 Å². The Labute approximate surface area is 126 Å². The predicted octanol–water partition coefficient (Wildman–Crippen LogP) is 3.53. The van der Waals surface area contributed by atoms with Crippen LogP contribution in [0, 0.1) is 5.82 Å². The molecule has 0 saturated carbocycles. The molecule has 2 aromatic carbocycles. The predicted molar refractivity (Wildman–Crippen MR) is 77.5 cm³/mol. The summed E-state index contributed by atoms with van der Waals surface area (Å²) in [5.41, 5.74) is 1.38. The van der Waals surface area contributed by atoms with Crippen molar-refractivity contribution in [3.8, 4) is 11.5 Å². The lowest BCUT2D eigenvalue weighted by Crippen LogP contribution is -2.15. The average Bonchev–Trinajstić information content (AvgIpc) is 2.50. The van der Waals surface area contributed by atoms with Crippen LogP contribution in [-0.2, 0) is 6.42 Å². The van der Waals surface area contributed by atoms with Crippen LogP contribution in [0.5, 0.6) is 11.5 Å². The van der Waals surface area contributed by atoms with E-state index in [1.165, 1.54) is 12.1 Å². The minimum atomic E-state index is -0.749. The van der Waals surface area contributed by atoms with Gasteiger partial charge in [0.1, 0.15) is 19.0 Å². The average molecular weight is 309 g/mol. The Hall–Kier alpha value is -1.78. The molecule has 0 spiro atoms. The number of halogens is 2. The topological polar surface area (TPSA) is 38.7 Å². The van der Waals surface area contributed by atoms with Gasteiger partial charge in [0.25, 0.3) is 0 Å². The second-order valence-electron chi connectivity index (χ2n) is 4.87. The summed E-state index contributed by atoms with van der Waals surface area (Å²) in [5, 5.41) is 10.4. The molecule has 0 fully saturated rings. The summed E-state index contributed by atoms with van der Waals surface area (Å²) < 4.78 is 24.3. The number of benzene rings is 2. The second kappa shape index (κ2) is 5.92. The summed E-state index contributed by atoms with van der Waals surface area (Å²) >= 11 is 5.65. The Morgan fingerprint density at radius 2 is 1.86 bits per heavy atom. The van der Waals surface area contributed by atoms with Gasteiger partial charge in [-0.2, -0.15) is 0 Å². The SMILES string of the molecule is OC(Cc1ccc(Cl)c(F)c1)c1ccc2c(c1)OCCO2.